The summed E-state index contributed by atoms with van der Waals surface area (Å²) in [6.45, 7) is 1.90. The number of carbonyl (C=O) groups excluding carboxylic acids is 2. The molecule has 1 aromatic carbocycles. The summed E-state index contributed by atoms with van der Waals surface area (Å²) in [6, 6.07) is 6.76. The van der Waals surface area contributed by atoms with E-state index < -0.39 is 0 Å². The minimum absolute atomic E-state index is 0.0973. The molecule has 0 fully saturated rings. The van der Waals surface area contributed by atoms with E-state index in [1.54, 1.807) is 24.3 Å². The molecule has 0 aliphatic heterocycles. The van der Waals surface area contributed by atoms with Crippen LogP contribution in [0, 0.1) is 0 Å². The van der Waals surface area contributed by atoms with E-state index in [1.165, 1.54) is 0 Å². The molecule has 0 amide bonds. The van der Waals surface area contributed by atoms with Gasteiger partial charge in [-0.25, -0.2) is 0 Å². The van der Waals surface area contributed by atoms with Crippen LogP contribution >= 0.6 is 15.9 Å². The van der Waals surface area contributed by atoms with Crippen LogP contribution in [0.15, 0.2) is 24.3 Å². The van der Waals surface area contributed by atoms with Crippen molar-refractivity contribution in [1.29, 1.82) is 0 Å². The highest BCUT2D eigenvalue weighted by Crippen LogP contribution is 2.19. The van der Waals surface area contributed by atoms with E-state index in [0.717, 1.165) is 6.42 Å². The number of hydrogen-bond donors (Lipinski definition) is 0. The van der Waals surface area contributed by atoms with Gasteiger partial charge in [0.15, 0.2) is 5.78 Å². The highest BCUT2D eigenvalue weighted by atomic mass is 79.9. The summed E-state index contributed by atoms with van der Waals surface area (Å²) in [6.07, 6.45) is 1.09. The van der Waals surface area contributed by atoms with Crippen LogP contribution in [0.5, 0.6) is 5.75 Å². The lowest BCUT2D eigenvalue weighted by Crippen LogP contribution is -2.11. The number of ether oxygens (including phenoxy) is 1. The molecule has 0 heterocycles. The van der Waals surface area contributed by atoms with Gasteiger partial charge in [0.2, 0.25) is 0 Å². The lowest BCUT2D eigenvalue weighted by atomic mass is 10.1. The van der Waals surface area contributed by atoms with Crippen molar-refractivity contribution < 1.29 is 14.3 Å². The predicted molar refractivity (Wildman–Crippen MR) is 65.1 cm³/mol. The number of carbonyl (C=O) groups is 2. The zero-order valence-electron chi connectivity index (χ0n) is 9.03. The molecule has 0 saturated carbocycles. The van der Waals surface area contributed by atoms with Crippen molar-refractivity contribution in [1.82, 2.24) is 0 Å². The van der Waals surface area contributed by atoms with Gasteiger partial charge < -0.3 is 4.74 Å². The fourth-order valence-corrected chi connectivity index (χ4v) is 1.54. The average Bonchev–Trinajstić information content (AvgIpc) is 2.29. The molecule has 16 heavy (non-hydrogen) atoms. The van der Waals surface area contributed by atoms with Crippen LogP contribution in [-0.4, -0.2) is 17.1 Å². The van der Waals surface area contributed by atoms with Gasteiger partial charge in [0, 0.05) is 6.42 Å². The van der Waals surface area contributed by atoms with E-state index in [2.05, 4.69) is 15.9 Å². The Bertz CT molecular complexity index is 388. The number of Topliss-reactive ketones (excluding diaryl/α,β-unsaturated/α-hetero) is 1. The monoisotopic (exact) mass is 284 g/mol. The SMILES string of the molecule is CCCC(=O)Oc1ccccc1C(=O)CBr. The summed E-state index contributed by atoms with van der Waals surface area (Å²) >= 11 is 3.09. The molecule has 0 aliphatic carbocycles. The Kier molecular flexibility index (Phi) is 5.19. The summed E-state index contributed by atoms with van der Waals surface area (Å²) < 4.78 is 5.13. The van der Waals surface area contributed by atoms with Crippen molar-refractivity contribution in [2.75, 3.05) is 5.33 Å². The Hall–Kier alpha value is -1.16. The third-order valence-corrected chi connectivity index (χ3v) is 2.50. The molecule has 86 valence electrons. The number of alkyl halides is 1. The molecule has 1 aromatic rings. The zero-order chi connectivity index (χ0) is 12.0. The van der Waals surface area contributed by atoms with Gasteiger partial charge >= 0.3 is 5.97 Å². The molecule has 3 nitrogen and oxygen atoms in total. The number of rotatable bonds is 5. The third-order valence-electron chi connectivity index (χ3n) is 1.99. The average molecular weight is 285 g/mol. The second kappa shape index (κ2) is 6.43. The van der Waals surface area contributed by atoms with Crippen molar-refractivity contribution in [3.05, 3.63) is 29.8 Å². The van der Waals surface area contributed by atoms with Crippen molar-refractivity contribution in [2.24, 2.45) is 0 Å². The first-order chi connectivity index (χ1) is 7.69. The van der Waals surface area contributed by atoms with Crippen molar-refractivity contribution >= 4 is 27.7 Å². The Morgan fingerprint density at radius 2 is 2.00 bits per heavy atom. The van der Waals surface area contributed by atoms with Crippen molar-refractivity contribution in [3.63, 3.8) is 0 Å². The first kappa shape index (κ1) is 12.9. The largest absolute Gasteiger partial charge is 0.426 e. The summed E-state index contributed by atoms with van der Waals surface area (Å²) in [4.78, 5) is 22.9. The molecule has 1 rings (SSSR count). The van der Waals surface area contributed by atoms with E-state index >= 15 is 0 Å². The summed E-state index contributed by atoms with van der Waals surface area (Å²) in [5.41, 5.74) is 0.434. The van der Waals surface area contributed by atoms with Crippen LogP contribution in [0.3, 0.4) is 0 Å². The quantitative estimate of drug-likeness (QED) is 0.361. The van der Waals surface area contributed by atoms with Crippen molar-refractivity contribution in [3.8, 4) is 5.75 Å². The van der Waals surface area contributed by atoms with Crippen LogP contribution in [0.2, 0.25) is 0 Å². The number of benzene rings is 1. The number of halogens is 1. The van der Waals surface area contributed by atoms with Crippen LogP contribution in [0.4, 0.5) is 0 Å². The minimum Gasteiger partial charge on any atom is -0.426 e. The molecule has 0 aromatic heterocycles. The zero-order valence-corrected chi connectivity index (χ0v) is 10.6. The Labute approximate surface area is 103 Å². The summed E-state index contributed by atoms with van der Waals surface area (Å²) in [5, 5.41) is 0.218. The topological polar surface area (TPSA) is 43.4 Å². The van der Waals surface area contributed by atoms with E-state index in [-0.39, 0.29) is 17.1 Å². The molecular formula is C12H13BrO3. The second-order valence-corrected chi connectivity index (χ2v) is 3.84. The first-order valence-corrected chi connectivity index (χ1v) is 6.20. The molecule has 0 saturated heterocycles. The fraction of sp³-hybridized carbons (Fsp3) is 0.333. The number of esters is 1. The van der Waals surface area contributed by atoms with Crippen LogP contribution in [-0.2, 0) is 4.79 Å². The number of para-hydroxylation sites is 1. The number of hydrogen-bond acceptors (Lipinski definition) is 3. The molecule has 0 N–H and O–H groups in total. The molecule has 0 unspecified atom stereocenters. The van der Waals surface area contributed by atoms with Crippen LogP contribution in [0.1, 0.15) is 30.1 Å². The normalized spacial score (nSPS) is 9.88. The van der Waals surface area contributed by atoms with Crippen molar-refractivity contribution in [2.45, 2.75) is 19.8 Å². The molecule has 4 heteroatoms. The Morgan fingerprint density at radius 3 is 2.62 bits per heavy atom. The molecule has 0 radical (unpaired) electrons. The first-order valence-electron chi connectivity index (χ1n) is 5.08. The van der Waals surface area contributed by atoms with Gasteiger partial charge in [-0.05, 0) is 18.6 Å². The van der Waals surface area contributed by atoms with Gasteiger partial charge in [-0.3, -0.25) is 9.59 Å². The van der Waals surface area contributed by atoms with E-state index in [4.69, 9.17) is 4.74 Å². The molecule has 0 aliphatic rings. The highest BCUT2D eigenvalue weighted by molar-refractivity contribution is 9.09. The standard InChI is InChI=1S/C12H13BrO3/c1-2-5-12(15)16-11-7-4-3-6-9(11)10(14)8-13/h3-4,6-7H,2,5,8H2,1H3. The highest BCUT2D eigenvalue weighted by Gasteiger charge is 2.13. The molecule has 0 spiro atoms. The van der Waals surface area contributed by atoms with Gasteiger partial charge in [0.05, 0.1) is 10.9 Å². The van der Waals surface area contributed by atoms with Crippen LogP contribution < -0.4 is 4.74 Å². The maximum Gasteiger partial charge on any atom is 0.311 e. The van der Waals surface area contributed by atoms with E-state index in [0.29, 0.717) is 17.7 Å². The summed E-state index contributed by atoms with van der Waals surface area (Å²) in [7, 11) is 0. The maximum absolute atomic E-state index is 11.5. The van der Waals surface area contributed by atoms with E-state index in [1.807, 2.05) is 6.92 Å². The molecule has 0 atom stereocenters. The second-order valence-electron chi connectivity index (χ2n) is 3.28. The van der Waals surface area contributed by atoms with Crippen LogP contribution in [0.25, 0.3) is 0 Å². The fourth-order valence-electron chi connectivity index (χ4n) is 1.24. The number of ketones is 1. The Balaban J connectivity index is 2.87. The predicted octanol–water partition coefficient (Wildman–Crippen LogP) is 2.97. The minimum atomic E-state index is -0.308. The lowest BCUT2D eigenvalue weighted by Gasteiger charge is -2.07. The smallest absolute Gasteiger partial charge is 0.311 e. The Morgan fingerprint density at radius 1 is 1.31 bits per heavy atom. The van der Waals surface area contributed by atoms with Gasteiger partial charge in [-0.1, -0.05) is 35.0 Å². The van der Waals surface area contributed by atoms with Gasteiger partial charge in [-0.15, -0.1) is 0 Å². The van der Waals surface area contributed by atoms with E-state index in [9.17, 15) is 9.59 Å². The van der Waals surface area contributed by atoms with Gasteiger partial charge in [0.1, 0.15) is 5.75 Å². The van der Waals surface area contributed by atoms with Gasteiger partial charge in [0.25, 0.3) is 0 Å². The third kappa shape index (κ3) is 3.45. The molecular weight excluding hydrogens is 272 g/mol. The van der Waals surface area contributed by atoms with Gasteiger partial charge in [-0.2, -0.15) is 0 Å². The lowest BCUT2D eigenvalue weighted by molar-refractivity contribution is -0.134. The maximum atomic E-state index is 11.5. The summed E-state index contributed by atoms with van der Waals surface area (Å²) in [5.74, 6) is -0.0670. The molecule has 0 bridgehead atoms.